The normalized spacial score (nSPS) is 13.1. The van der Waals surface area contributed by atoms with E-state index in [0.29, 0.717) is 10.6 Å². The Balaban J connectivity index is 2.72. The van der Waals surface area contributed by atoms with E-state index in [-0.39, 0.29) is 30.8 Å². The maximum atomic E-state index is 12.3. The highest BCUT2D eigenvalue weighted by atomic mass is 35.5. The van der Waals surface area contributed by atoms with E-state index in [1.54, 1.807) is 26.0 Å². The Morgan fingerprint density at radius 1 is 1.27 bits per heavy atom. The Hall–Kier alpha value is -0.420. The molecule has 1 atom stereocenters. The predicted molar refractivity (Wildman–Crippen MR) is 86.8 cm³/mol. The molecule has 0 aliphatic rings. The van der Waals surface area contributed by atoms with Gasteiger partial charge in [0.25, 0.3) is 0 Å². The first kappa shape index (κ1) is 19.6. The molecule has 0 bridgehead atoms. The summed E-state index contributed by atoms with van der Waals surface area (Å²) in [6.45, 7) is 3.68. The van der Waals surface area contributed by atoms with Crippen molar-refractivity contribution in [3.63, 3.8) is 0 Å². The number of carbonyl (C=O) groups excluding carboxylic acids is 1. The number of ketones is 1. The third kappa shape index (κ3) is 5.99. The molecule has 0 aromatic heterocycles. The summed E-state index contributed by atoms with van der Waals surface area (Å²) in [5, 5.41) is 10.8. The Morgan fingerprint density at radius 2 is 1.86 bits per heavy atom. The smallest absolute Gasteiger partial charge is 0.338 e. The summed E-state index contributed by atoms with van der Waals surface area (Å²) in [7, 11) is -3.46. The Bertz CT molecular complexity index is 554. The predicted octanol–water partition coefficient (Wildman–Crippen LogP) is 4.25. The van der Waals surface area contributed by atoms with Gasteiger partial charge >= 0.3 is 7.60 Å². The monoisotopic (exact) mass is 368 g/mol. The van der Waals surface area contributed by atoms with Gasteiger partial charge in [-0.2, -0.15) is 0 Å². The lowest BCUT2D eigenvalue weighted by atomic mass is 10.0. The van der Waals surface area contributed by atoms with Crippen molar-refractivity contribution in [2.45, 2.75) is 26.4 Å². The second-order valence-corrected chi connectivity index (χ2v) is 7.43. The van der Waals surface area contributed by atoms with Crippen LogP contribution in [0.15, 0.2) is 18.2 Å². The topological polar surface area (TPSA) is 72.8 Å². The molecule has 0 spiro atoms. The molecule has 5 nitrogen and oxygen atoms in total. The maximum absolute atomic E-state index is 12.3. The van der Waals surface area contributed by atoms with Gasteiger partial charge in [-0.25, -0.2) is 0 Å². The van der Waals surface area contributed by atoms with E-state index >= 15 is 0 Å². The van der Waals surface area contributed by atoms with Crippen molar-refractivity contribution in [2.24, 2.45) is 0 Å². The third-order valence-electron chi connectivity index (χ3n) is 2.76. The molecule has 0 aliphatic heterocycles. The molecule has 8 heteroatoms. The van der Waals surface area contributed by atoms with Gasteiger partial charge in [-0.1, -0.05) is 29.3 Å². The van der Waals surface area contributed by atoms with Gasteiger partial charge in [-0.3, -0.25) is 9.36 Å². The molecule has 1 rings (SSSR count). The van der Waals surface area contributed by atoms with Crippen LogP contribution in [0, 0.1) is 0 Å². The van der Waals surface area contributed by atoms with Gasteiger partial charge in [0, 0.05) is 16.5 Å². The first-order chi connectivity index (χ1) is 10.3. The summed E-state index contributed by atoms with van der Waals surface area (Å²) in [5.41, 5.74) is 0.391. The molecule has 0 fully saturated rings. The molecule has 0 radical (unpaired) electrons. The summed E-state index contributed by atoms with van der Waals surface area (Å²) in [6.07, 6.45) is -1.71. The fraction of sp³-hybridized carbons (Fsp3) is 0.500. The molecular formula is C14H19Cl2O5P. The van der Waals surface area contributed by atoms with Crippen LogP contribution in [0.4, 0.5) is 0 Å². The van der Waals surface area contributed by atoms with Crippen LogP contribution >= 0.6 is 30.8 Å². The second kappa shape index (κ2) is 9.02. The number of benzene rings is 1. The van der Waals surface area contributed by atoms with Gasteiger partial charge in [-0.15, -0.1) is 0 Å². The van der Waals surface area contributed by atoms with Crippen molar-refractivity contribution >= 4 is 36.6 Å². The van der Waals surface area contributed by atoms with Crippen LogP contribution in [0.3, 0.4) is 0 Å². The number of hydrogen-bond donors (Lipinski definition) is 1. The zero-order chi connectivity index (χ0) is 16.8. The van der Waals surface area contributed by atoms with Crippen LogP contribution in [0.25, 0.3) is 0 Å². The van der Waals surface area contributed by atoms with Crippen molar-refractivity contribution in [3.05, 3.63) is 33.8 Å². The lowest BCUT2D eigenvalue weighted by Crippen LogP contribution is -2.13. The van der Waals surface area contributed by atoms with Crippen LogP contribution in [-0.4, -0.2) is 30.3 Å². The molecule has 1 aromatic carbocycles. The SMILES string of the molecule is CCOP(=O)(CC(=O)C[C@@H](O)c1ccc(Cl)cc1Cl)OCC. The minimum absolute atomic E-state index is 0.177. The number of hydrogen-bond acceptors (Lipinski definition) is 5. The zero-order valence-corrected chi connectivity index (χ0v) is 14.8. The largest absolute Gasteiger partial charge is 0.388 e. The van der Waals surface area contributed by atoms with Gasteiger partial charge in [-0.05, 0) is 31.5 Å². The number of aliphatic hydroxyl groups excluding tert-OH is 1. The van der Waals surface area contributed by atoms with Crippen molar-refractivity contribution in [1.82, 2.24) is 0 Å². The molecule has 0 amide bonds. The first-order valence-electron chi connectivity index (χ1n) is 6.84. The summed E-state index contributed by atoms with van der Waals surface area (Å²) in [5.74, 6) is -0.427. The average molecular weight is 369 g/mol. The molecule has 1 N–H and O–H groups in total. The van der Waals surface area contributed by atoms with Crippen molar-refractivity contribution < 1.29 is 23.5 Å². The Kier molecular flexibility index (Phi) is 8.04. The van der Waals surface area contributed by atoms with Gasteiger partial charge < -0.3 is 14.2 Å². The number of halogens is 2. The fourth-order valence-electron chi connectivity index (χ4n) is 1.90. The van der Waals surface area contributed by atoms with E-state index < -0.39 is 19.5 Å². The second-order valence-electron chi connectivity index (χ2n) is 4.53. The highest BCUT2D eigenvalue weighted by molar-refractivity contribution is 7.54. The van der Waals surface area contributed by atoms with E-state index in [1.807, 2.05) is 0 Å². The lowest BCUT2D eigenvalue weighted by molar-refractivity contribution is -0.118. The molecule has 0 aliphatic carbocycles. The van der Waals surface area contributed by atoms with Crippen molar-refractivity contribution in [3.8, 4) is 0 Å². The third-order valence-corrected chi connectivity index (χ3v) is 5.37. The van der Waals surface area contributed by atoms with Crippen LogP contribution < -0.4 is 0 Å². The lowest BCUT2D eigenvalue weighted by Gasteiger charge is -2.17. The quantitative estimate of drug-likeness (QED) is 0.659. The molecule has 1 aromatic rings. The van der Waals surface area contributed by atoms with Gasteiger partial charge in [0.05, 0.1) is 19.3 Å². The number of rotatable bonds is 9. The van der Waals surface area contributed by atoms with E-state index in [0.717, 1.165) is 0 Å². The summed E-state index contributed by atoms with van der Waals surface area (Å²) < 4.78 is 22.4. The highest BCUT2D eigenvalue weighted by Crippen LogP contribution is 2.48. The van der Waals surface area contributed by atoms with Crippen LogP contribution in [0.5, 0.6) is 0 Å². The highest BCUT2D eigenvalue weighted by Gasteiger charge is 2.29. The standard InChI is InChI=1S/C14H19Cl2O5P/c1-3-20-22(19,21-4-2)9-11(17)8-14(18)12-6-5-10(15)7-13(12)16/h5-7,14,18H,3-4,8-9H2,1-2H3/t14-/m1/s1. The van der Waals surface area contributed by atoms with E-state index in [4.69, 9.17) is 32.2 Å². The fourth-order valence-corrected chi connectivity index (χ4v) is 4.04. The molecule has 0 saturated carbocycles. The summed E-state index contributed by atoms with van der Waals surface area (Å²) >= 11 is 11.8. The van der Waals surface area contributed by atoms with Gasteiger partial charge in [0.1, 0.15) is 11.9 Å². The van der Waals surface area contributed by atoms with E-state index in [1.165, 1.54) is 6.07 Å². The van der Waals surface area contributed by atoms with Crippen LogP contribution in [0.1, 0.15) is 31.9 Å². The van der Waals surface area contributed by atoms with Gasteiger partial charge in [0.2, 0.25) is 0 Å². The van der Waals surface area contributed by atoms with Crippen molar-refractivity contribution in [1.29, 1.82) is 0 Å². The molecule has 0 heterocycles. The Morgan fingerprint density at radius 3 is 2.36 bits per heavy atom. The first-order valence-corrected chi connectivity index (χ1v) is 9.32. The van der Waals surface area contributed by atoms with Gasteiger partial charge in [0.15, 0.2) is 0 Å². The van der Waals surface area contributed by atoms with Crippen LogP contribution in [-0.2, 0) is 18.4 Å². The summed E-state index contributed by atoms with van der Waals surface area (Å²) in [6, 6.07) is 4.60. The average Bonchev–Trinajstić information content (AvgIpc) is 2.38. The number of Topliss-reactive ketones (excluding diaryl/α,β-unsaturated/α-hetero) is 1. The Labute approximate surface area is 140 Å². The maximum Gasteiger partial charge on any atom is 0.338 e. The summed E-state index contributed by atoms with van der Waals surface area (Å²) in [4.78, 5) is 12.0. The minimum Gasteiger partial charge on any atom is -0.388 e. The number of carbonyl (C=O) groups is 1. The van der Waals surface area contributed by atoms with E-state index in [2.05, 4.69) is 0 Å². The van der Waals surface area contributed by atoms with Crippen molar-refractivity contribution in [2.75, 3.05) is 19.4 Å². The molecular weight excluding hydrogens is 350 g/mol. The number of aliphatic hydroxyl groups is 1. The molecule has 124 valence electrons. The molecule has 22 heavy (non-hydrogen) atoms. The van der Waals surface area contributed by atoms with E-state index in [9.17, 15) is 14.5 Å². The van der Waals surface area contributed by atoms with Crippen LogP contribution in [0.2, 0.25) is 10.0 Å². The molecule has 0 saturated heterocycles. The zero-order valence-electron chi connectivity index (χ0n) is 12.4. The molecule has 0 unspecified atom stereocenters. The minimum atomic E-state index is -3.46.